The second kappa shape index (κ2) is 6.00. The van der Waals surface area contributed by atoms with Crippen molar-refractivity contribution in [1.29, 1.82) is 0 Å². The SMILES string of the molecule is C=C(C)C(O)Oc1ccc([N+](=O)[O-])c(C2OCCO2)c1. The number of nitro groups is 1. The molecule has 0 aliphatic carbocycles. The maximum absolute atomic E-state index is 11.0. The van der Waals surface area contributed by atoms with E-state index < -0.39 is 17.5 Å². The Morgan fingerprint density at radius 1 is 1.55 bits per heavy atom. The van der Waals surface area contributed by atoms with Gasteiger partial charge in [-0.25, -0.2) is 0 Å². The molecule has 1 aromatic rings. The molecule has 1 aliphatic heterocycles. The van der Waals surface area contributed by atoms with Gasteiger partial charge in [0, 0.05) is 6.07 Å². The van der Waals surface area contributed by atoms with Crippen molar-refractivity contribution in [3.63, 3.8) is 0 Å². The Morgan fingerprint density at radius 3 is 2.75 bits per heavy atom. The number of hydrogen-bond donors (Lipinski definition) is 1. The van der Waals surface area contributed by atoms with E-state index in [0.29, 0.717) is 18.8 Å². The fraction of sp³-hybridized carbons (Fsp3) is 0.385. The van der Waals surface area contributed by atoms with Gasteiger partial charge in [-0.1, -0.05) is 6.58 Å². The highest BCUT2D eigenvalue weighted by atomic mass is 16.7. The maximum Gasteiger partial charge on any atom is 0.277 e. The van der Waals surface area contributed by atoms with Crippen LogP contribution in [0.1, 0.15) is 18.8 Å². The van der Waals surface area contributed by atoms with Crippen molar-refractivity contribution >= 4 is 5.69 Å². The van der Waals surface area contributed by atoms with Crippen molar-refractivity contribution in [2.24, 2.45) is 0 Å². The van der Waals surface area contributed by atoms with E-state index in [4.69, 9.17) is 14.2 Å². The van der Waals surface area contributed by atoms with E-state index in [0.717, 1.165) is 0 Å². The number of nitro benzene ring substituents is 1. The summed E-state index contributed by atoms with van der Waals surface area (Å²) in [5.41, 5.74) is 0.575. The molecule has 0 saturated carbocycles. The van der Waals surface area contributed by atoms with Gasteiger partial charge in [0.25, 0.3) is 5.69 Å². The highest BCUT2D eigenvalue weighted by Crippen LogP contribution is 2.34. The lowest BCUT2D eigenvalue weighted by molar-refractivity contribution is -0.386. The molecule has 0 bridgehead atoms. The molecule has 7 nitrogen and oxygen atoms in total. The van der Waals surface area contributed by atoms with Crippen LogP contribution in [0.3, 0.4) is 0 Å². The lowest BCUT2D eigenvalue weighted by atomic mass is 10.1. The summed E-state index contributed by atoms with van der Waals surface area (Å²) in [6.45, 7) is 5.93. The molecule has 20 heavy (non-hydrogen) atoms. The normalized spacial score (nSPS) is 16.9. The third-order valence-corrected chi connectivity index (χ3v) is 2.74. The zero-order chi connectivity index (χ0) is 14.7. The van der Waals surface area contributed by atoms with Gasteiger partial charge in [-0.2, -0.15) is 0 Å². The van der Waals surface area contributed by atoms with Crippen LogP contribution >= 0.6 is 0 Å². The first-order chi connectivity index (χ1) is 9.49. The Kier molecular flexibility index (Phi) is 4.33. The van der Waals surface area contributed by atoms with E-state index in [2.05, 4.69) is 6.58 Å². The van der Waals surface area contributed by atoms with Crippen LogP contribution in [0.5, 0.6) is 5.75 Å². The minimum absolute atomic E-state index is 0.117. The maximum atomic E-state index is 11.0. The molecule has 1 aromatic carbocycles. The fourth-order valence-electron chi connectivity index (χ4n) is 1.73. The van der Waals surface area contributed by atoms with Crippen LogP contribution < -0.4 is 4.74 Å². The second-order valence-corrected chi connectivity index (χ2v) is 4.37. The quantitative estimate of drug-likeness (QED) is 0.383. The summed E-state index contributed by atoms with van der Waals surface area (Å²) < 4.78 is 15.8. The number of hydrogen-bond acceptors (Lipinski definition) is 6. The van der Waals surface area contributed by atoms with E-state index in [9.17, 15) is 15.2 Å². The number of nitrogens with zero attached hydrogens (tertiary/aromatic N) is 1. The van der Waals surface area contributed by atoms with Gasteiger partial charge in [-0.05, 0) is 24.6 Å². The molecule has 1 saturated heterocycles. The molecule has 0 spiro atoms. The Hall–Kier alpha value is -1.96. The van der Waals surface area contributed by atoms with E-state index in [1.54, 1.807) is 6.92 Å². The summed E-state index contributed by atoms with van der Waals surface area (Å²) in [5, 5.41) is 20.6. The zero-order valence-corrected chi connectivity index (χ0v) is 10.9. The van der Waals surface area contributed by atoms with E-state index in [-0.39, 0.29) is 17.0 Å². The first kappa shape index (κ1) is 14.4. The predicted octanol–water partition coefficient (Wildman–Crippen LogP) is 1.91. The summed E-state index contributed by atoms with van der Waals surface area (Å²) in [7, 11) is 0. The molecule has 7 heteroatoms. The van der Waals surface area contributed by atoms with E-state index in [1.165, 1.54) is 18.2 Å². The van der Waals surface area contributed by atoms with Crippen molar-refractivity contribution in [2.45, 2.75) is 19.5 Å². The van der Waals surface area contributed by atoms with Gasteiger partial charge in [-0.15, -0.1) is 0 Å². The molecule has 0 amide bonds. The minimum atomic E-state index is -1.17. The molecule has 0 radical (unpaired) electrons. The largest absolute Gasteiger partial charge is 0.461 e. The molecule has 0 aromatic heterocycles. The second-order valence-electron chi connectivity index (χ2n) is 4.37. The average molecular weight is 281 g/mol. The Balaban J connectivity index is 2.30. The van der Waals surface area contributed by atoms with Crippen LogP contribution in [0.15, 0.2) is 30.4 Å². The van der Waals surface area contributed by atoms with Crippen LogP contribution in [0.4, 0.5) is 5.69 Å². The minimum Gasteiger partial charge on any atom is -0.461 e. The Morgan fingerprint density at radius 2 is 2.20 bits per heavy atom. The lowest BCUT2D eigenvalue weighted by Gasteiger charge is -2.15. The molecule has 2 rings (SSSR count). The summed E-state index contributed by atoms with van der Waals surface area (Å²) >= 11 is 0. The third kappa shape index (κ3) is 3.13. The highest BCUT2D eigenvalue weighted by molar-refractivity contribution is 5.46. The number of ether oxygens (including phenoxy) is 3. The number of aliphatic hydroxyl groups is 1. The molecule has 1 heterocycles. The summed E-state index contributed by atoms with van der Waals surface area (Å²) in [5.74, 6) is 0.278. The average Bonchev–Trinajstić information content (AvgIpc) is 2.91. The molecule has 1 aliphatic rings. The predicted molar refractivity (Wildman–Crippen MR) is 69.2 cm³/mol. The number of aliphatic hydroxyl groups excluding tert-OH is 1. The van der Waals surface area contributed by atoms with E-state index in [1.807, 2.05) is 0 Å². The zero-order valence-electron chi connectivity index (χ0n) is 10.9. The summed E-state index contributed by atoms with van der Waals surface area (Å²) in [6, 6.07) is 4.13. The Bertz CT molecular complexity index is 524. The molecule has 108 valence electrons. The number of rotatable bonds is 5. The van der Waals surface area contributed by atoms with Crippen LogP contribution in [0, 0.1) is 10.1 Å². The highest BCUT2D eigenvalue weighted by Gasteiger charge is 2.27. The Labute approximate surface area is 115 Å². The van der Waals surface area contributed by atoms with Crippen molar-refractivity contribution in [3.8, 4) is 5.75 Å². The lowest BCUT2D eigenvalue weighted by Crippen LogP contribution is -2.16. The standard InChI is InChI=1S/C13H15NO6/c1-8(2)12(15)20-9-3-4-11(14(16)17)10(7-9)13-18-5-6-19-13/h3-4,7,12-13,15H,1,5-6H2,2H3. The van der Waals surface area contributed by atoms with Crippen LogP contribution in [-0.4, -0.2) is 29.5 Å². The third-order valence-electron chi connectivity index (χ3n) is 2.74. The van der Waals surface area contributed by atoms with Gasteiger partial charge >= 0.3 is 0 Å². The van der Waals surface area contributed by atoms with Crippen molar-refractivity contribution in [1.82, 2.24) is 0 Å². The van der Waals surface area contributed by atoms with E-state index >= 15 is 0 Å². The van der Waals surface area contributed by atoms with Gasteiger partial charge in [0.1, 0.15) is 5.75 Å². The number of benzene rings is 1. The van der Waals surface area contributed by atoms with Crippen molar-refractivity contribution in [3.05, 3.63) is 46.0 Å². The fourth-order valence-corrected chi connectivity index (χ4v) is 1.73. The van der Waals surface area contributed by atoms with Gasteiger partial charge in [-0.3, -0.25) is 10.1 Å². The molecular formula is C13H15NO6. The molecule has 1 fully saturated rings. The van der Waals surface area contributed by atoms with Crippen molar-refractivity contribution in [2.75, 3.05) is 13.2 Å². The van der Waals surface area contributed by atoms with Gasteiger partial charge in [0.15, 0.2) is 6.29 Å². The molecular weight excluding hydrogens is 266 g/mol. The summed E-state index contributed by atoms with van der Waals surface area (Å²) in [6.07, 6.45) is -1.96. The monoisotopic (exact) mass is 281 g/mol. The topological polar surface area (TPSA) is 91.1 Å². The van der Waals surface area contributed by atoms with Crippen molar-refractivity contribution < 1.29 is 24.2 Å². The van der Waals surface area contributed by atoms with Crippen LogP contribution in [0.2, 0.25) is 0 Å². The van der Waals surface area contributed by atoms with Gasteiger partial charge in [0.05, 0.1) is 23.7 Å². The van der Waals surface area contributed by atoms with Gasteiger partial charge in [0.2, 0.25) is 6.29 Å². The molecule has 1 atom stereocenters. The summed E-state index contributed by atoms with van der Waals surface area (Å²) in [4.78, 5) is 10.5. The van der Waals surface area contributed by atoms with Crippen LogP contribution in [-0.2, 0) is 9.47 Å². The van der Waals surface area contributed by atoms with Gasteiger partial charge < -0.3 is 19.3 Å². The molecule has 1 N–H and O–H groups in total. The molecule has 1 unspecified atom stereocenters. The van der Waals surface area contributed by atoms with Crippen LogP contribution in [0.25, 0.3) is 0 Å². The first-order valence-corrected chi connectivity index (χ1v) is 6.00. The smallest absolute Gasteiger partial charge is 0.277 e. The first-order valence-electron chi connectivity index (χ1n) is 6.00.